The molecule has 130 valence electrons. The summed E-state index contributed by atoms with van der Waals surface area (Å²) in [6, 6.07) is 13.1. The number of aromatic nitrogens is 1. The maximum Gasteiger partial charge on any atom is 0.324 e. The summed E-state index contributed by atoms with van der Waals surface area (Å²) in [6.45, 7) is 1.32. The Kier molecular flexibility index (Phi) is 5.66. The summed E-state index contributed by atoms with van der Waals surface area (Å²) in [5.41, 5.74) is 1.65. The Bertz CT molecular complexity index is 726. The summed E-state index contributed by atoms with van der Waals surface area (Å²) in [6.07, 6.45) is 4.28. The van der Waals surface area contributed by atoms with Crippen molar-refractivity contribution >= 4 is 23.5 Å². The van der Waals surface area contributed by atoms with E-state index in [0.29, 0.717) is 29.7 Å². The molecule has 0 saturated carbocycles. The molecule has 1 N–H and O–H groups in total. The van der Waals surface area contributed by atoms with E-state index in [1.807, 2.05) is 6.07 Å². The van der Waals surface area contributed by atoms with E-state index < -0.39 is 5.91 Å². The third kappa shape index (κ3) is 4.79. The molecular formula is C19H20ClN3O2. The molecule has 1 aromatic carbocycles. The van der Waals surface area contributed by atoms with Gasteiger partial charge in [-0.25, -0.2) is 9.78 Å². The summed E-state index contributed by atoms with van der Waals surface area (Å²) < 4.78 is 0. The zero-order chi connectivity index (χ0) is 17.6. The minimum Gasteiger partial charge on any atom is -0.324 e. The standard InChI is InChI=1S/C19H20ClN3O2/c20-17-7-6-16(13-21-17)18(24)22-19(25)23-10-8-15(9-11-23)12-14-4-2-1-3-5-14/h1-7,13,15H,8-12H2,(H,22,24,25). The number of urea groups is 1. The highest BCUT2D eigenvalue weighted by Gasteiger charge is 2.24. The molecule has 6 heteroatoms. The number of hydrogen-bond donors (Lipinski definition) is 1. The van der Waals surface area contributed by atoms with Crippen molar-refractivity contribution in [2.45, 2.75) is 19.3 Å². The molecule has 1 aliphatic rings. The topological polar surface area (TPSA) is 62.3 Å². The number of imide groups is 1. The zero-order valence-electron chi connectivity index (χ0n) is 13.8. The molecular weight excluding hydrogens is 338 g/mol. The Balaban J connectivity index is 1.48. The van der Waals surface area contributed by atoms with Crippen molar-refractivity contribution in [3.05, 3.63) is 64.9 Å². The predicted octanol–water partition coefficient (Wildman–Crippen LogP) is 3.54. The van der Waals surface area contributed by atoms with E-state index >= 15 is 0 Å². The highest BCUT2D eigenvalue weighted by Crippen LogP contribution is 2.21. The minimum atomic E-state index is -0.458. The number of rotatable bonds is 3. The lowest BCUT2D eigenvalue weighted by molar-refractivity contribution is 0.0944. The molecule has 0 aliphatic carbocycles. The summed E-state index contributed by atoms with van der Waals surface area (Å²) in [5.74, 6) is 0.114. The number of carbonyl (C=O) groups excluding carboxylic acids is 2. The molecule has 1 aliphatic heterocycles. The third-order valence-corrected chi connectivity index (χ3v) is 4.70. The molecule has 1 saturated heterocycles. The summed E-state index contributed by atoms with van der Waals surface area (Å²) >= 11 is 5.70. The number of nitrogens with one attached hydrogen (secondary N) is 1. The van der Waals surface area contributed by atoms with E-state index in [4.69, 9.17) is 11.6 Å². The van der Waals surface area contributed by atoms with Crippen LogP contribution in [0.2, 0.25) is 5.15 Å². The van der Waals surface area contributed by atoms with Crippen LogP contribution in [0.1, 0.15) is 28.8 Å². The van der Waals surface area contributed by atoms with Gasteiger partial charge in [-0.3, -0.25) is 10.1 Å². The van der Waals surface area contributed by atoms with E-state index in [-0.39, 0.29) is 6.03 Å². The zero-order valence-corrected chi connectivity index (χ0v) is 14.6. The molecule has 5 nitrogen and oxygen atoms in total. The number of halogens is 1. The third-order valence-electron chi connectivity index (χ3n) is 4.48. The number of pyridine rings is 1. The van der Waals surface area contributed by atoms with Crippen LogP contribution in [0.4, 0.5) is 4.79 Å². The van der Waals surface area contributed by atoms with Crippen LogP contribution in [-0.4, -0.2) is 34.9 Å². The highest BCUT2D eigenvalue weighted by atomic mass is 35.5. The first-order valence-electron chi connectivity index (χ1n) is 8.37. The van der Waals surface area contributed by atoms with Crippen LogP contribution in [0, 0.1) is 5.92 Å². The number of hydrogen-bond acceptors (Lipinski definition) is 3. The van der Waals surface area contributed by atoms with Crippen LogP contribution in [0.25, 0.3) is 0 Å². The molecule has 2 aromatic rings. The fourth-order valence-electron chi connectivity index (χ4n) is 3.05. The van der Waals surface area contributed by atoms with E-state index in [1.165, 1.54) is 17.8 Å². The highest BCUT2D eigenvalue weighted by molar-refractivity contribution is 6.29. The quantitative estimate of drug-likeness (QED) is 0.854. The Morgan fingerprint density at radius 3 is 2.48 bits per heavy atom. The normalized spacial score (nSPS) is 15.0. The number of likely N-dealkylation sites (tertiary alicyclic amines) is 1. The number of nitrogens with zero attached hydrogens (tertiary/aromatic N) is 2. The van der Waals surface area contributed by atoms with Gasteiger partial charge in [-0.05, 0) is 42.9 Å². The van der Waals surface area contributed by atoms with Gasteiger partial charge in [-0.15, -0.1) is 0 Å². The number of amides is 3. The fraction of sp³-hybridized carbons (Fsp3) is 0.316. The molecule has 0 radical (unpaired) electrons. The largest absolute Gasteiger partial charge is 0.324 e. The van der Waals surface area contributed by atoms with E-state index in [1.54, 1.807) is 11.0 Å². The first kappa shape index (κ1) is 17.4. The van der Waals surface area contributed by atoms with Crippen LogP contribution in [0.5, 0.6) is 0 Å². The molecule has 25 heavy (non-hydrogen) atoms. The second-order valence-corrected chi connectivity index (χ2v) is 6.64. The van der Waals surface area contributed by atoms with Gasteiger partial charge < -0.3 is 4.90 Å². The lowest BCUT2D eigenvalue weighted by Crippen LogP contribution is -2.46. The van der Waals surface area contributed by atoms with Gasteiger partial charge >= 0.3 is 6.03 Å². The lowest BCUT2D eigenvalue weighted by atomic mass is 9.90. The summed E-state index contributed by atoms with van der Waals surface area (Å²) in [7, 11) is 0. The van der Waals surface area contributed by atoms with Crippen LogP contribution in [-0.2, 0) is 6.42 Å². The van der Waals surface area contributed by atoms with Gasteiger partial charge in [0.1, 0.15) is 5.15 Å². The van der Waals surface area contributed by atoms with Crippen LogP contribution in [0.15, 0.2) is 48.7 Å². The van der Waals surface area contributed by atoms with Gasteiger partial charge in [0.25, 0.3) is 5.91 Å². The predicted molar refractivity (Wildman–Crippen MR) is 96.6 cm³/mol. The van der Waals surface area contributed by atoms with Gasteiger partial charge in [-0.2, -0.15) is 0 Å². The fourth-order valence-corrected chi connectivity index (χ4v) is 3.16. The molecule has 0 unspecified atom stereocenters. The van der Waals surface area contributed by atoms with Crippen molar-refractivity contribution in [3.8, 4) is 0 Å². The number of benzene rings is 1. The summed E-state index contributed by atoms with van der Waals surface area (Å²) in [5, 5.41) is 2.72. The molecule has 0 atom stereocenters. The molecule has 3 amide bonds. The molecule has 1 fully saturated rings. The average molecular weight is 358 g/mol. The monoisotopic (exact) mass is 357 g/mol. The smallest absolute Gasteiger partial charge is 0.324 e. The van der Waals surface area contributed by atoms with Crippen LogP contribution >= 0.6 is 11.6 Å². The van der Waals surface area contributed by atoms with Crippen molar-refractivity contribution in [1.29, 1.82) is 0 Å². The average Bonchev–Trinajstić information content (AvgIpc) is 2.63. The van der Waals surface area contributed by atoms with E-state index in [2.05, 4.69) is 34.6 Å². The van der Waals surface area contributed by atoms with Gasteiger partial charge in [0.2, 0.25) is 0 Å². The Labute approximate surface area is 152 Å². The molecule has 0 bridgehead atoms. The molecule has 3 rings (SSSR count). The Morgan fingerprint density at radius 1 is 1.12 bits per heavy atom. The van der Waals surface area contributed by atoms with Gasteiger partial charge in [0.05, 0.1) is 5.56 Å². The van der Waals surface area contributed by atoms with Gasteiger partial charge in [-0.1, -0.05) is 41.9 Å². The number of carbonyl (C=O) groups is 2. The van der Waals surface area contributed by atoms with Crippen molar-refractivity contribution in [2.75, 3.05) is 13.1 Å². The van der Waals surface area contributed by atoms with Crippen molar-refractivity contribution in [3.63, 3.8) is 0 Å². The summed E-state index contributed by atoms with van der Waals surface area (Å²) in [4.78, 5) is 29.9. The maximum atomic E-state index is 12.3. The van der Waals surface area contributed by atoms with Crippen LogP contribution in [0.3, 0.4) is 0 Å². The Hall–Kier alpha value is -2.40. The first-order chi connectivity index (χ1) is 12.1. The van der Waals surface area contributed by atoms with Gasteiger partial charge in [0, 0.05) is 19.3 Å². The van der Waals surface area contributed by atoms with Crippen LogP contribution < -0.4 is 5.32 Å². The minimum absolute atomic E-state index is 0.309. The van der Waals surface area contributed by atoms with E-state index in [9.17, 15) is 9.59 Å². The molecule has 1 aromatic heterocycles. The van der Waals surface area contributed by atoms with Gasteiger partial charge in [0.15, 0.2) is 0 Å². The Morgan fingerprint density at radius 2 is 1.84 bits per heavy atom. The van der Waals surface area contributed by atoms with Crippen molar-refractivity contribution in [2.24, 2.45) is 5.92 Å². The van der Waals surface area contributed by atoms with E-state index in [0.717, 1.165) is 19.3 Å². The molecule has 0 spiro atoms. The lowest BCUT2D eigenvalue weighted by Gasteiger charge is -2.31. The SMILES string of the molecule is O=C(NC(=O)N1CCC(Cc2ccccc2)CC1)c1ccc(Cl)nc1. The first-order valence-corrected chi connectivity index (χ1v) is 8.75. The molecule has 2 heterocycles. The second kappa shape index (κ2) is 8.12. The maximum absolute atomic E-state index is 12.3. The second-order valence-electron chi connectivity index (χ2n) is 6.25. The van der Waals surface area contributed by atoms with Crippen molar-refractivity contribution < 1.29 is 9.59 Å². The van der Waals surface area contributed by atoms with Crippen molar-refractivity contribution in [1.82, 2.24) is 15.2 Å². The number of piperidine rings is 1.